The summed E-state index contributed by atoms with van der Waals surface area (Å²) in [6.45, 7) is 4.04. The number of halogens is 1. The first kappa shape index (κ1) is 10.8. The van der Waals surface area contributed by atoms with Crippen LogP contribution in [0.4, 0.5) is 5.82 Å². The van der Waals surface area contributed by atoms with Gasteiger partial charge in [-0.15, -0.1) is 0 Å². The Morgan fingerprint density at radius 1 is 1.44 bits per heavy atom. The molecule has 0 bridgehead atoms. The first-order chi connectivity index (χ1) is 7.66. The third-order valence-electron chi connectivity index (χ3n) is 2.20. The van der Waals surface area contributed by atoms with Crippen molar-refractivity contribution in [2.45, 2.75) is 0 Å². The van der Waals surface area contributed by atoms with E-state index in [1.54, 1.807) is 18.3 Å². The van der Waals surface area contributed by atoms with Crippen LogP contribution in [0.5, 0.6) is 5.75 Å². The van der Waals surface area contributed by atoms with E-state index < -0.39 is 0 Å². The molecule has 0 amide bonds. The maximum Gasteiger partial charge on any atom is 0.134 e. The number of aromatic nitrogens is 1. The van der Waals surface area contributed by atoms with Gasteiger partial charge in [0.2, 0.25) is 0 Å². The predicted octanol–water partition coefficient (Wildman–Crippen LogP) is 3.10. The molecule has 0 spiro atoms. The molecule has 3 nitrogen and oxygen atoms in total. The number of pyridine rings is 1. The van der Waals surface area contributed by atoms with Crippen molar-refractivity contribution in [3.63, 3.8) is 0 Å². The maximum atomic E-state index is 9.43. The van der Waals surface area contributed by atoms with Gasteiger partial charge in [0.25, 0.3) is 0 Å². The van der Waals surface area contributed by atoms with Crippen LogP contribution in [0.3, 0.4) is 0 Å². The van der Waals surface area contributed by atoms with Gasteiger partial charge in [-0.1, -0.05) is 24.2 Å². The second kappa shape index (κ2) is 4.41. The van der Waals surface area contributed by atoms with E-state index in [0.717, 1.165) is 10.8 Å². The molecule has 16 heavy (non-hydrogen) atoms. The summed E-state index contributed by atoms with van der Waals surface area (Å²) in [5, 5.41) is 14.9. The minimum atomic E-state index is 0.216. The number of phenols is 1. The van der Waals surface area contributed by atoms with Gasteiger partial charge in [0, 0.05) is 16.6 Å². The zero-order valence-corrected chi connectivity index (χ0v) is 9.33. The van der Waals surface area contributed by atoms with Gasteiger partial charge in [-0.3, -0.25) is 0 Å². The van der Waals surface area contributed by atoms with Gasteiger partial charge in [-0.25, -0.2) is 4.98 Å². The highest BCUT2D eigenvalue weighted by atomic mass is 35.5. The Morgan fingerprint density at radius 3 is 3.00 bits per heavy atom. The lowest BCUT2D eigenvalue weighted by molar-refractivity contribution is 0.476. The van der Waals surface area contributed by atoms with Crippen molar-refractivity contribution < 1.29 is 5.11 Å². The van der Waals surface area contributed by atoms with Crippen LogP contribution < -0.4 is 5.32 Å². The number of hydrogen-bond donors (Lipinski definition) is 2. The van der Waals surface area contributed by atoms with E-state index in [4.69, 9.17) is 11.6 Å². The molecule has 0 saturated heterocycles. The van der Waals surface area contributed by atoms with Crippen molar-refractivity contribution in [1.29, 1.82) is 0 Å². The van der Waals surface area contributed by atoms with Crippen molar-refractivity contribution >= 4 is 28.2 Å². The number of anilines is 1. The smallest absolute Gasteiger partial charge is 0.134 e. The fraction of sp³-hybridized carbons (Fsp3) is 0.0833. The summed E-state index contributed by atoms with van der Waals surface area (Å²) in [5.41, 5.74) is 0. The Morgan fingerprint density at radius 2 is 2.25 bits per heavy atom. The van der Waals surface area contributed by atoms with Crippen LogP contribution in [0.15, 0.2) is 42.1 Å². The molecule has 0 fully saturated rings. The van der Waals surface area contributed by atoms with Gasteiger partial charge >= 0.3 is 0 Å². The molecule has 0 aliphatic rings. The highest BCUT2D eigenvalue weighted by Crippen LogP contribution is 2.25. The van der Waals surface area contributed by atoms with Crippen molar-refractivity contribution in [3.05, 3.63) is 42.1 Å². The van der Waals surface area contributed by atoms with Crippen molar-refractivity contribution in [2.24, 2.45) is 0 Å². The Labute approximate surface area is 98.4 Å². The van der Waals surface area contributed by atoms with Gasteiger partial charge in [0.1, 0.15) is 11.6 Å². The number of nitrogens with zero attached hydrogens (tertiary/aromatic N) is 1. The van der Waals surface area contributed by atoms with Crippen molar-refractivity contribution in [1.82, 2.24) is 4.98 Å². The summed E-state index contributed by atoms with van der Waals surface area (Å²) in [7, 11) is 0. The van der Waals surface area contributed by atoms with Crippen LogP contribution in [0, 0.1) is 0 Å². The van der Waals surface area contributed by atoms with Gasteiger partial charge in [0.05, 0.1) is 6.54 Å². The van der Waals surface area contributed by atoms with E-state index >= 15 is 0 Å². The van der Waals surface area contributed by atoms with Crippen molar-refractivity contribution in [3.8, 4) is 5.75 Å². The number of rotatable bonds is 3. The Balaban J connectivity index is 2.43. The highest BCUT2D eigenvalue weighted by molar-refractivity contribution is 6.29. The summed E-state index contributed by atoms with van der Waals surface area (Å²) in [4.78, 5) is 4.20. The van der Waals surface area contributed by atoms with E-state index in [1.165, 1.54) is 0 Å². The summed E-state index contributed by atoms with van der Waals surface area (Å²) < 4.78 is 0. The average molecular weight is 235 g/mol. The lowest BCUT2D eigenvalue weighted by Gasteiger charge is -2.07. The second-order valence-electron chi connectivity index (χ2n) is 3.44. The van der Waals surface area contributed by atoms with Crippen LogP contribution in [-0.4, -0.2) is 16.6 Å². The minimum absolute atomic E-state index is 0.216. The molecule has 0 radical (unpaired) electrons. The summed E-state index contributed by atoms with van der Waals surface area (Å²) >= 11 is 5.68. The van der Waals surface area contributed by atoms with Gasteiger partial charge in [0.15, 0.2) is 0 Å². The van der Waals surface area contributed by atoms with E-state index in [-0.39, 0.29) is 5.75 Å². The molecular weight excluding hydrogens is 224 g/mol. The summed E-state index contributed by atoms with van der Waals surface area (Å²) in [6, 6.07) is 7.04. The fourth-order valence-corrected chi connectivity index (χ4v) is 1.54. The van der Waals surface area contributed by atoms with E-state index in [2.05, 4.69) is 16.9 Å². The SMILES string of the molecule is C=C(Cl)CNc1nccc2ccc(O)cc12. The zero-order chi connectivity index (χ0) is 11.5. The molecule has 82 valence electrons. The number of fused-ring (bicyclic) bond motifs is 1. The molecule has 1 aromatic carbocycles. The highest BCUT2D eigenvalue weighted by Gasteiger charge is 2.02. The molecule has 1 heterocycles. The number of phenolic OH excluding ortho intramolecular Hbond substituents is 1. The molecule has 0 unspecified atom stereocenters. The molecule has 2 aromatic rings. The largest absolute Gasteiger partial charge is 0.508 e. The standard InChI is InChI=1S/C12H11ClN2O/c1-8(13)7-15-12-11-6-10(16)3-2-9(11)4-5-14-12/h2-6,16H,1,7H2,(H,14,15). The van der Waals surface area contributed by atoms with Crippen LogP contribution in [0.2, 0.25) is 0 Å². The molecule has 1 aromatic heterocycles. The molecule has 0 atom stereocenters. The molecule has 4 heteroatoms. The predicted molar refractivity (Wildman–Crippen MR) is 66.9 cm³/mol. The third-order valence-corrected chi connectivity index (χ3v) is 2.33. The Hall–Kier alpha value is -1.74. The Bertz CT molecular complexity index is 540. The zero-order valence-electron chi connectivity index (χ0n) is 8.57. The van der Waals surface area contributed by atoms with Gasteiger partial charge in [-0.05, 0) is 23.6 Å². The average Bonchev–Trinajstić information content (AvgIpc) is 2.26. The van der Waals surface area contributed by atoms with Crippen LogP contribution >= 0.6 is 11.6 Å². The molecule has 2 N–H and O–H groups in total. The van der Waals surface area contributed by atoms with E-state index in [9.17, 15) is 5.11 Å². The molecular formula is C12H11ClN2O. The van der Waals surface area contributed by atoms with Crippen LogP contribution in [0.25, 0.3) is 10.8 Å². The van der Waals surface area contributed by atoms with Crippen LogP contribution in [-0.2, 0) is 0 Å². The molecule has 0 aliphatic carbocycles. The Kier molecular flexibility index (Phi) is 2.97. The molecule has 0 aliphatic heterocycles. The van der Waals surface area contributed by atoms with Gasteiger partial charge < -0.3 is 10.4 Å². The number of aromatic hydroxyl groups is 1. The van der Waals surface area contributed by atoms with E-state index in [0.29, 0.717) is 17.4 Å². The van der Waals surface area contributed by atoms with E-state index in [1.807, 2.05) is 12.1 Å². The minimum Gasteiger partial charge on any atom is -0.508 e. The van der Waals surface area contributed by atoms with Crippen molar-refractivity contribution in [2.75, 3.05) is 11.9 Å². The second-order valence-corrected chi connectivity index (χ2v) is 3.97. The lowest BCUT2D eigenvalue weighted by atomic mass is 10.1. The molecule has 2 rings (SSSR count). The normalized spacial score (nSPS) is 10.3. The lowest BCUT2D eigenvalue weighted by Crippen LogP contribution is -2.03. The first-order valence-corrected chi connectivity index (χ1v) is 5.19. The van der Waals surface area contributed by atoms with Gasteiger partial charge in [-0.2, -0.15) is 0 Å². The monoisotopic (exact) mass is 234 g/mol. The summed E-state index contributed by atoms with van der Waals surface area (Å²) in [5.74, 6) is 0.906. The topological polar surface area (TPSA) is 45.2 Å². The van der Waals surface area contributed by atoms with Crippen LogP contribution in [0.1, 0.15) is 0 Å². The number of hydrogen-bond acceptors (Lipinski definition) is 3. The number of benzene rings is 1. The number of nitrogens with one attached hydrogen (secondary N) is 1. The quantitative estimate of drug-likeness (QED) is 0.858. The maximum absolute atomic E-state index is 9.43. The molecule has 0 saturated carbocycles. The first-order valence-electron chi connectivity index (χ1n) is 4.82. The fourth-order valence-electron chi connectivity index (χ4n) is 1.48. The third kappa shape index (κ3) is 2.25. The summed E-state index contributed by atoms with van der Waals surface area (Å²) in [6.07, 6.45) is 1.71.